The minimum absolute atomic E-state index is 0.0198. The first-order valence-corrected chi connectivity index (χ1v) is 10.6. The Bertz CT molecular complexity index is 1130. The Morgan fingerprint density at radius 3 is 2.61 bits per heavy atom. The van der Waals surface area contributed by atoms with Crippen molar-refractivity contribution in [3.8, 4) is 10.6 Å². The van der Waals surface area contributed by atoms with E-state index in [2.05, 4.69) is 10.3 Å². The van der Waals surface area contributed by atoms with E-state index in [1.165, 1.54) is 16.2 Å². The molecule has 1 saturated heterocycles. The average molecular weight is 446 g/mol. The summed E-state index contributed by atoms with van der Waals surface area (Å²) < 4.78 is 0. The van der Waals surface area contributed by atoms with E-state index in [1.807, 2.05) is 24.4 Å². The molecule has 140 valence electrons. The molecule has 4 rings (SSSR count). The predicted octanol–water partition coefficient (Wildman–Crippen LogP) is 4.66. The molecule has 3 aromatic rings. The van der Waals surface area contributed by atoms with Crippen molar-refractivity contribution in [2.24, 2.45) is 0 Å². The number of anilines is 1. The van der Waals surface area contributed by atoms with E-state index >= 15 is 0 Å². The van der Waals surface area contributed by atoms with Gasteiger partial charge >= 0.3 is 0 Å². The Morgan fingerprint density at radius 2 is 1.93 bits per heavy atom. The van der Waals surface area contributed by atoms with Crippen LogP contribution in [0.1, 0.15) is 9.88 Å². The third-order valence-electron chi connectivity index (χ3n) is 3.97. The first-order chi connectivity index (χ1) is 13.4. The largest absolute Gasteiger partial charge is 0.298 e. The fourth-order valence-electron chi connectivity index (χ4n) is 2.67. The molecular formula is C19H12ClN3O2S3. The number of carbonyl (C=O) groups is 2. The number of nitrogens with zero attached hydrogens (tertiary/aromatic N) is 2. The van der Waals surface area contributed by atoms with Gasteiger partial charge in [0.15, 0.2) is 5.11 Å². The Kier molecular flexibility index (Phi) is 5.11. The van der Waals surface area contributed by atoms with Crippen LogP contribution in [0, 0.1) is 6.92 Å². The summed E-state index contributed by atoms with van der Waals surface area (Å²) in [6, 6.07) is 10.5. The van der Waals surface area contributed by atoms with E-state index in [1.54, 1.807) is 41.7 Å². The van der Waals surface area contributed by atoms with Crippen LogP contribution in [0.15, 0.2) is 47.4 Å². The number of halogens is 1. The van der Waals surface area contributed by atoms with Crippen LogP contribution in [0.3, 0.4) is 0 Å². The number of thiazole rings is 1. The lowest BCUT2D eigenvalue weighted by atomic mass is 10.1. The number of aromatic nitrogens is 1. The van der Waals surface area contributed by atoms with Gasteiger partial charge in [-0.1, -0.05) is 11.6 Å². The van der Waals surface area contributed by atoms with Gasteiger partial charge < -0.3 is 0 Å². The van der Waals surface area contributed by atoms with Crippen LogP contribution in [-0.2, 0) is 9.59 Å². The van der Waals surface area contributed by atoms with Gasteiger partial charge in [0.2, 0.25) is 0 Å². The van der Waals surface area contributed by atoms with Crippen LogP contribution in [0.5, 0.6) is 0 Å². The van der Waals surface area contributed by atoms with Crippen molar-refractivity contribution < 1.29 is 9.59 Å². The predicted molar refractivity (Wildman–Crippen MR) is 118 cm³/mol. The van der Waals surface area contributed by atoms with E-state index in [-0.39, 0.29) is 10.7 Å². The maximum atomic E-state index is 13.0. The molecule has 1 aliphatic heterocycles. The molecule has 2 aromatic heterocycles. The van der Waals surface area contributed by atoms with Crippen LogP contribution in [0.2, 0.25) is 5.02 Å². The lowest BCUT2D eigenvalue weighted by molar-refractivity contribution is -0.122. The fourth-order valence-corrected chi connectivity index (χ4v) is 4.68. The van der Waals surface area contributed by atoms with E-state index in [4.69, 9.17) is 23.8 Å². The summed E-state index contributed by atoms with van der Waals surface area (Å²) in [6.45, 7) is 1.95. The van der Waals surface area contributed by atoms with Crippen LogP contribution in [0.25, 0.3) is 16.6 Å². The maximum absolute atomic E-state index is 13.0. The van der Waals surface area contributed by atoms with Crippen molar-refractivity contribution in [1.29, 1.82) is 0 Å². The fraction of sp³-hybridized carbons (Fsp3) is 0.0526. The molecule has 0 atom stereocenters. The van der Waals surface area contributed by atoms with Crippen molar-refractivity contribution in [3.63, 3.8) is 0 Å². The van der Waals surface area contributed by atoms with Crippen molar-refractivity contribution in [1.82, 2.24) is 10.3 Å². The normalized spacial score (nSPS) is 16.0. The molecule has 9 heteroatoms. The first-order valence-electron chi connectivity index (χ1n) is 8.12. The monoisotopic (exact) mass is 445 g/mol. The second-order valence-corrected chi connectivity index (χ2v) is 8.89. The highest BCUT2D eigenvalue weighted by Crippen LogP contribution is 2.31. The molecule has 0 saturated carbocycles. The van der Waals surface area contributed by atoms with Crippen molar-refractivity contribution in [2.75, 3.05) is 4.90 Å². The number of thiocarbonyl (C=S) groups is 1. The Labute approximate surface area is 179 Å². The summed E-state index contributed by atoms with van der Waals surface area (Å²) in [7, 11) is 0. The molecule has 0 aliphatic carbocycles. The Morgan fingerprint density at radius 1 is 1.18 bits per heavy atom. The SMILES string of the molecule is Cc1nc(-c2ccc(/C=C3\C(=O)NC(=S)N(c4ccc(Cl)cc4)C3=O)s2)cs1. The van der Waals surface area contributed by atoms with Gasteiger partial charge in [-0.3, -0.25) is 19.8 Å². The highest BCUT2D eigenvalue weighted by molar-refractivity contribution is 7.80. The van der Waals surface area contributed by atoms with Crippen LogP contribution < -0.4 is 10.2 Å². The number of aryl methyl sites for hydroxylation is 1. The van der Waals surface area contributed by atoms with E-state index < -0.39 is 11.8 Å². The highest BCUT2D eigenvalue weighted by Gasteiger charge is 2.34. The van der Waals surface area contributed by atoms with Gasteiger partial charge in [0, 0.05) is 15.3 Å². The minimum Gasteiger partial charge on any atom is -0.298 e. The second-order valence-electron chi connectivity index (χ2n) is 5.89. The number of hydrogen-bond acceptors (Lipinski definition) is 6. The molecule has 1 aromatic carbocycles. The molecule has 0 bridgehead atoms. The Balaban J connectivity index is 1.67. The summed E-state index contributed by atoms with van der Waals surface area (Å²) in [5, 5.41) is 6.13. The minimum atomic E-state index is -0.514. The first kappa shape index (κ1) is 18.9. The van der Waals surface area contributed by atoms with Gasteiger partial charge in [0.1, 0.15) is 5.57 Å². The summed E-state index contributed by atoms with van der Waals surface area (Å²) in [6.07, 6.45) is 1.58. The standard InChI is InChI=1S/C19H12ClN3O2S3/c1-10-21-15(9-27-10)16-7-6-13(28-16)8-14-17(24)22-19(26)23(18(14)25)12-4-2-11(20)3-5-12/h2-9H,1H3,(H,22,24,26)/b14-8+. The number of thiophene rings is 1. The van der Waals surface area contributed by atoms with Crippen LogP contribution >= 0.6 is 46.5 Å². The number of amides is 2. The molecule has 5 nitrogen and oxygen atoms in total. The van der Waals surface area contributed by atoms with E-state index in [0.717, 1.165) is 20.5 Å². The zero-order valence-corrected chi connectivity index (χ0v) is 17.6. The van der Waals surface area contributed by atoms with E-state index in [0.29, 0.717) is 10.7 Å². The molecule has 0 radical (unpaired) electrons. The Hall–Kier alpha value is -2.39. The lowest BCUT2D eigenvalue weighted by Crippen LogP contribution is -2.54. The summed E-state index contributed by atoms with van der Waals surface area (Å²) in [5.74, 6) is -0.991. The molecule has 28 heavy (non-hydrogen) atoms. The molecule has 2 amide bonds. The van der Waals surface area contributed by atoms with E-state index in [9.17, 15) is 9.59 Å². The number of carbonyl (C=O) groups excluding carboxylic acids is 2. The van der Waals surface area contributed by atoms with Gasteiger partial charge in [-0.15, -0.1) is 22.7 Å². The quantitative estimate of drug-likeness (QED) is 0.361. The van der Waals surface area contributed by atoms with Crippen molar-refractivity contribution in [2.45, 2.75) is 6.92 Å². The highest BCUT2D eigenvalue weighted by atomic mass is 35.5. The van der Waals surface area contributed by atoms with Gasteiger partial charge in [-0.25, -0.2) is 4.98 Å². The van der Waals surface area contributed by atoms with Crippen LogP contribution in [0.4, 0.5) is 5.69 Å². The molecular weight excluding hydrogens is 434 g/mol. The summed E-state index contributed by atoms with van der Waals surface area (Å²) >= 11 is 14.1. The third kappa shape index (κ3) is 3.64. The van der Waals surface area contributed by atoms with Gasteiger partial charge in [0.05, 0.1) is 21.3 Å². The average Bonchev–Trinajstić information content (AvgIpc) is 3.29. The number of hydrogen-bond donors (Lipinski definition) is 1. The van der Waals surface area contributed by atoms with Gasteiger partial charge in [-0.2, -0.15) is 0 Å². The summed E-state index contributed by atoms with van der Waals surface area (Å²) in [4.78, 5) is 32.9. The third-order valence-corrected chi connectivity index (χ3v) is 6.34. The van der Waals surface area contributed by atoms with Gasteiger partial charge in [-0.05, 0) is 61.6 Å². The van der Waals surface area contributed by atoms with Crippen molar-refractivity contribution in [3.05, 3.63) is 62.3 Å². The molecule has 1 fully saturated rings. The maximum Gasteiger partial charge on any atom is 0.270 e. The second kappa shape index (κ2) is 7.56. The zero-order valence-electron chi connectivity index (χ0n) is 14.4. The van der Waals surface area contributed by atoms with Gasteiger partial charge in [0.25, 0.3) is 11.8 Å². The topological polar surface area (TPSA) is 62.3 Å². The smallest absolute Gasteiger partial charge is 0.270 e. The zero-order chi connectivity index (χ0) is 19.8. The molecule has 0 unspecified atom stereocenters. The number of benzene rings is 1. The molecule has 0 spiro atoms. The summed E-state index contributed by atoms with van der Waals surface area (Å²) in [5.41, 5.74) is 1.45. The molecule has 3 heterocycles. The van der Waals surface area contributed by atoms with Crippen molar-refractivity contribution >= 4 is 75.2 Å². The molecule has 1 aliphatic rings. The lowest BCUT2D eigenvalue weighted by Gasteiger charge is -2.28. The number of rotatable bonds is 3. The number of nitrogens with one attached hydrogen (secondary N) is 1. The molecule has 1 N–H and O–H groups in total. The van der Waals surface area contributed by atoms with Crippen LogP contribution in [-0.4, -0.2) is 21.9 Å².